The lowest BCUT2D eigenvalue weighted by atomic mass is 10.1. The lowest BCUT2D eigenvalue weighted by molar-refractivity contribution is 0.0746. The number of piperazine rings is 1. The maximum absolute atomic E-state index is 12.9. The molecule has 2 heterocycles. The van der Waals surface area contributed by atoms with E-state index in [4.69, 9.17) is 28.2 Å². The van der Waals surface area contributed by atoms with Crippen molar-refractivity contribution in [2.75, 3.05) is 36.4 Å². The highest BCUT2D eigenvalue weighted by Crippen LogP contribution is 2.27. The average Bonchev–Trinajstić information content (AvgIpc) is 3.45. The molecule has 0 atom stereocenters. The van der Waals surface area contributed by atoms with E-state index in [0.717, 1.165) is 21.4 Å². The number of rotatable bonds is 5. The summed E-state index contributed by atoms with van der Waals surface area (Å²) in [6, 6.07) is 25.7. The SMILES string of the molecule is O=C(NC(=S)Nc1ccccc1N1CCN(C(=O)c2ccc(Cl)cc2)CC1)c1ccc(-c2ccc(Br)cc2)o1. The second kappa shape index (κ2) is 12.0. The van der Waals surface area contributed by atoms with Crippen LogP contribution in [0.2, 0.25) is 5.02 Å². The van der Waals surface area contributed by atoms with E-state index in [1.807, 2.05) is 53.4 Å². The highest BCUT2D eigenvalue weighted by atomic mass is 79.9. The standard InChI is InChI=1S/C29H24BrClN4O3S/c30-21-9-5-19(6-10-21)25-13-14-26(38-25)27(36)33-29(39)32-23-3-1-2-4-24(23)34-15-17-35(18-16-34)28(37)20-7-11-22(31)12-8-20/h1-14H,15-18H2,(H2,32,33,36,39). The number of amides is 2. The maximum atomic E-state index is 12.9. The number of nitrogens with one attached hydrogen (secondary N) is 2. The van der Waals surface area contributed by atoms with Gasteiger partial charge in [0.25, 0.3) is 11.8 Å². The minimum atomic E-state index is -0.442. The number of para-hydroxylation sites is 2. The van der Waals surface area contributed by atoms with Gasteiger partial charge in [-0.25, -0.2) is 0 Å². The Bertz CT molecular complexity index is 1500. The first-order chi connectivity index (χ1) is 18.9. The fourth-order valence-corrected chi connectivity index (χ4v) is 4.92. The van der Waals surface area contributed by atoms with E-state index in [2.05, 4.69) is 31.5 Å². The van der Waals surface area contributed by atoms with E-state index >= 15 is 0 Å². The van der Waals surface area contributed by atoms with E-state index in [-0.39, 0.29) is 16.8 Å². The topological polar surface area (TPSA) is 77.8 Å². The van der Waals surface area contributed by atoms with Crippen molar-refractivity contribution in [3.05, 3.63) is 106 Å². The van der Waals surface area contributed by atoms with Gasteiger partial charge in [-0.3, -0.25) is 14.9 Å². The first-order valence-corrected chi connectivity index (χ1v) is 13.8. The molecule has 0 bridgehead atoms. The molecular formula is C29H24BrClN4O3S. The molecule has 0 aliphatic carbocycles. The van der Waals surface area contributed by atoms with Crippen LogP contribution >= 0.6 is 39.7 Å². The number of hydrogen-bond acceptors (Lipinski definition) is 5. The fraction of sp³-hybridized carbons (Fsp3) is 0.138. The van der Waals surface area contributed by atoms with Crippen molar-refractivity contribution in [2.24, 2.45) is 0 Å². The van der Waals surface area contributed by atoms with Crippen molar-refractivity contribution in [1.29, 1.82) is 0 Å². The third-order valence-electron chi connectivity index (χ3n) is 6.34. The van der Waals surface area contributed by atoms with Gasteiger partial charge in [0.2, 0.25) is 0 Å². The molecule has 39 heavy (non-hydrogen) atoms. The zero-order valence-electron chi connectivity index (χ0n) is 20.7. The molecule has 0 saturated carbocycles. The van der Waals surface area contributed by atoms with E-state index < -0.39 is 5.91 Å². The quantitative estimate of drug-likeness (QED) is 0.249. The van der Waals surface area contributed by atoms with Gasteiger partial charge < -0.3 is 19.5 Å². The molecule has 0 radical (unpaired) electrons. The Hall–Kier alpha value is -3.66. The number of anilines is 2. The lowest BCUT2D eigenvalue weighted by Gasteiger charge is -2.37. The van der Waals surface area contributed by atoms with Crippen LogP contribution in [0.25, 0.3) is 11.3 Å². The highest BCUT2D eigenvalue weighted by Gasteiger charge is 2.24. The predicted octanol–water partition coefficient (Wildman–Crippen LogP) is 6.45. The second-order valence-corrected chi connectivity index (χ2v) is 10.6. The van der Waals surface area contributed by atoms with Crippen LogP contribution in [0.1, 0.15) is 20.9 Å². The molecule has 0 spiro atoms. The third kappa shape index (κ3) is 6.50. The summed E-state index contributed by atoms with van der Waals surface area (Å²) in [7, 11) is 0. The van der Waals surface area contributed by atoms with Crippen LogP contribution < -0.4 is 15.5 Å². The van der Waals surface area contributed by atoms with E-state index in [1.165, 1.54) is 0 Å². The summed E-state index contributed by atoms with van der Waals surface area (Å²) in [5.41, 5.74) is 3.18. The normalized spacial score (nSPS) is 13.2. The van der Waals surface area contributed by atoms with Gasteiger partial charge in [0.05, 0.1) is 11.4 Å². The van der Waals surface area contributed by atoms with Crippen LogP contribution in [-0.2, 0) is 0 Å². The number of hydrogen-bond donors (Lipinski definition) is 2. The Morgan fingerprint density at radius 2 is 1.56 bits per heavy atom. The summed E-state index contributed by atoms with van der Waals surface area (Å²) < 4.78 is 6.71. The van der Waals surface area contributed by atoms with Crippen LogP contribution in [0.15, 0.2) is 93.8 Å². The molecule has 1 saturated heterocycles. The first-order valence-electron chi connectivity index (χ1n) is 12.2. The van der Waals surface area contributed by atoms with Crippen molar-refractivity contribution in [3.63, 3.8) is 0 Å². The van der Waals surface area contributed by atoms with Crippen LogP contribution in [-0.4, -0.2) is 48.0 Å². The maximum Gasteiger partial charge on any atom is 0.293 e. The summed E-state index contributed by atoms with van der Waals surface area (Å²) in [6.07, 6.45) is 0. The number of thiocarbonyl (C=S) groups is 1. The lowest BCUT2D eigenvalue weighted by Crippen LogP contribution is -2.49. The summed E-state index contributed by atoms with van der Waals surface area (Å²) in [6.45, 7) is 2.47. The van der Waals surface area contributed by atoms with Crippen LogP contribution in [0.5, 0.6) is 0 Å². The summed E-state index contributed by atoms with van der Waals surface area (Å²) >= 11 is 14.8. The van der Waals surface area contributed by atoms with Crippen molar-refractivity contribution in [1.82, 2.24) is 10.2 Å². The van der Waals surface area contributed by atoms with E-state index in [0.29, 0.717) is 42.5 Å². The Balaban J connectivity index is 1.19. The third-order valence-corrected chi connectivity index (χ3v) is 7.32. The molecule has 4 aromatic rings. The zero-order valence-corrected chi connectivity index (χ0v) is 23.9. The number of benzene rings is 3. The molecule has 5 rings (SSSR count). The number of carbonyl (C=O) groups is 2. The Morgan fingerprint density at radius 3 is 2.28 bits per heavy atom. The van der Waals surface area contributed by atoms with Crippen molar-refractivity contribution in [3.8, 4) is 11.3 Å². The van der Waals surface area contributed by atoms with Gasteiger partial charge in [0.1, 0.15) is 5.76 Å². The number of halogens is 2. The molecule has 198 valence electrons. The monoisotopic (exact) mass is 622 g/mol. The number of carbonyl (C=O) groups excluding carboxylic acids is 2. The van der Waals surface area contributed by atoms with Crippen molar-refractivity contribution in [2.45, 2.75) is 0 Å². The highest BCUT2D eigenvalue weighted by molar-refractivity contribution is 9.10. The minimum absolute atomic E-state index is 0.0113. The summed E-state index contributed by atoms with van der Waals surface area (Å²) in [5, 5.41) is 6.59. The largest absolute Gasteiger partial charge is 0.451 e. The van der Waals surface area contributed by atoms with Crippen LogP contribution in [0, 0.1) is 0 Å². The molecule has 7 nitrogen and oxygen atoms in total. The molecule has 1 aliphatic rings. The van der Waals surface area contributed by atoms with Crippen molar-refractivity contribution >= 4 is 68.1 Å². The van der Waals surface area contributed by atoms with Gasteiger partial charge in [-0.15, -0.1) is 0 Å². The van der Waals surface area contributed by atoms with E-state index in [9.17, 15) is 9.59 Å². The molecule has 1 aromatic heterocycles. The van der Waals surface area contributed by atoms with Crippen LogP contribution in [0.4, 0.5) is 11.4 Å². The Morgan fingerprint density at radius 1 is 0.872 bits per heavy atom. The fourth-order valence-electron chi connectivity index (χ4n) is 4.33. The zero-order chi connectivity index (χ0) is 27.4. The number of nitrogens with zero attached hydrogens (tertiary/aromatic N) is 2. The molecule has 2 N–H and O–H groups in total. The van der Waals surface area contributed by atoms with Gasteiger partial charge in [-0.2, -0.15) is 0 Å². The van der Waals surface area contributed by atoms with Gasteiger partial charge >= 0.3 is 0 Å². The average molecular weight is 624 g/mol. The molecule has 1 fully saturated rings. The summed E-state index contributed by atoms with van der Waals surface area (Å²) in [4.78, 5) is 29.7. The van der Waals surface area contributed by atoms with Gasteiger partial charge in [0.15, 0.2) is 10.9 Å². The second-order valence-electron chi connectivity index (χ2n) is 8.88. The molecule has 3 aromatic carbocycles. The number of furan rings is 1. The van der Waals surface area contributed by atoms with Gasteiger partial charge in [-0.1, -0.05) is 51.8 Å². The molecule has 1 aliphatic heterocycles. The molecular weight excluding hydrogens is 600 g/mol. The minimum Gasteiger partial charge on any atom is -0.451 e. The Kier molecular flexibility index (Phi) is 8.30. The van der Waals surface area contributed by atoms with Gasteiger partial charge in [0, 0.05) is 46.8 Å². The molecule has 2 amide bonds. The first kappa shape index (κ1) is 26.9. The molecule has 10 heteroatoms. The smallest absolute Gasteiger partial charge is 0.293 e. The predicted molar refractivity (Wildman–Crippen MR) is 162 cm³/mol. The molecule has 0 unspecified atom stereocenters. The van der Waals surface area contributed by atoms with E-state index in [1.54, 1.807) is 36.4 Å². The van der Waals surface area contributed by atoms with Gasteiger partial charge in [-0.05, 0) is 72.9 Å². The van der Waals surface area contributed by atoms with Crippen molar-refractivity contribution < 1.29 is 14.0 Å². The summed E-state index contributed by atoms with van der Waals surface area (Å²) in [5.74, 6) is 0.294. The Labute approximate surface area is 244 Å². The van der Waals surface area contributed by atoms with Crippen LogP contribution in [0.3, 0.4) is 0 Å².